The van der Waals surface area contributed by atoms with E-state index in [4.69, 9.17) is 15.6 Å². The number of phenols is 1. The highest BCUT2D eigenvalue weighted by molar-refractivity contribution is 9.10. The van der Waals surface area contributed by atoms with Gasteiger partial charge in [0.1, 0.15) is 6.61 Å². The number of aromatic hydroxyl groups is 1. The third-order valence-electron chi connectivity index (χ3n) is 2.30. The van der Waals surface area contributed by atoms with Crippen molar-refractivity contribution in [3.8, 4) is 11.5 Å². The van der Waals surface area contributed by atoms with Crippen LogP contribution in [-0.4, -0.2) is 29.9 Å². The molecule has 0 saturated heterocycles. The van der Waals surface area contributed by atoms with Gasteiger partial charge in [-0.05, 0) is 33.6 Å². The monoisotopic (exact) mass is 311 g/mol. The lowest BCUT2D eigenvalue weighted by molar-refractivity contribution is -0.0712. The van der Waals surface area contributed by atoms with Crippen LogP contribution in [0.4, 0.5) is 8.78 Å². The molecule has 0 aliphatic heterocycles. The van der Waals surface area contributed by atoms with Crippen LogP contribution in [0.15, 0.2) is 16.6 Å². The van der Waals surface area contributed by atoms with Crippen molar-refractivity contribution in [2.24, 2.45) is 5.73 Å². The Kier molecular flexibility index (Phi) is 4.29. The van der Waals surface area contributed by atoms with Crippen molar-refractivity contribution in [2.45, 2.75) is 12.0 Å². The van der Waals surface area contributed by atoms with Gasteiger partial charge in [0.2, 0.25) is 0 Å². The van der Waals surface area contributed by atoms with Crippen LogP contribution in [0.5, 0.6) is 11.5 Å². The summed E-state index contributed by atoms with van der Waals surface area (Å²) in [6, 6.07) is 0.777. The Bertz CT molecular complexity index is 415. The van der Waals surface area contributed by atoms with Crippen molar-refractivity contribution in [3.05, 3.63) is 22.2 Å². The third-order valence-corrected chi connectivity index (χ3v) is 2.90. The number of hydrogen-bond donors (Lipinski definition) is 3. The molecule has 0 bridgehead atoms. The summed E-state index contributed by atoms with van der Waals surface area (Å²) in [5, 5.41) is 18.1. The molecular weight excluding hydrogens is 300 g/mol. The first-order valence-corrected chi connectivity index (χ1v) is 5.43. The van der Waals surface area contributed by atoms with E-state index in [0.29, 0.717) is 0 Å². The molecule has 0 amide bonds. The number of aliphatic hydroxyl groups is 1. The molecule has 96 valence electrons. The van der Waals surface area contributed by atoms with E-state index in [9.17, 15) is 13.9 Å². The van der Waals surface area contributed by atoms with E-state index in [1.165, 1.54) is 19.2 Å². The summed E-state index contributed by atoms with van der Waals surface area (Å²) in [6.07, 6.45) is 0. The van der Waals surface area contributed by atoms with E-state index >= 15 is 0 Å². The zero-order valence-corrected chi connectivity index (χ0v) is 10.5. The van der Waals surface area contributed by atoms with Gasteiger partial charge in [0.25, 0.3) is 5.92 Å². The summed E-state index contributed by atoms with van der Waals surface area (Å²) in [6.45, 7) is -1.35. The lowest BCUT2D eigenvalue weighted by atomic mass is 10.0. The Morgan fingerprint density at radius 3 is 2.59 bits per heavy atom. The molecule has 0 radical (unpaired) electrons. The van der Waals surface area contributed by atoms with Gasteiger partial charge in [0, 0.05) is 0 Å². The van der Waals surface area contributed by atoms with Crippen molar-refractivity contribution < 1.29 is 23.7 Å². The van der Waals surface area contributed by atoms with Crippen LogP contribution in [0, 0.1) is 0 Å². The zero-order valence-electron chi connectivity index (χ0n) is 8.95. The second kappa shape index (κ2) is 5.16. The number of hydrogen-bond acceptors (Lipinski definition) is 4. The second-order valence-corrected chi connectivity index (χ2v) is 4.30. The minimum absolute atomic E-state index is 0.0264. The second-order valence-electron chi connectivity index (χ2n) is 3.45. The Hall–Kier alpha value is -0.920. The smallest absolute Gasteiger partial charge is 0.289 e. The standard InChI is InChI=1S/C10H12BrF2NO3/c1-17-7-3-5(2-6(11)8(7)16)9(14)10(12,13)4-15/h2-3,9,15-16H,4,14H2,1H3/t9-/m0/s1. The number of nitrogens with two attached hydrogens (primary N) is 1. The topological polar surface area (TPSA) is 75.7 Å². The van der Waals surface area contributed by atoms with Crippen LogP contribution < -0.4 is 10.5 Å². The average molecular weight is 312 g/mol. The summed E-state index contributed by atoms with van der Waals surface area (Å²) < 4.78 is 31.4. The number of alkyl halides is 2. The zero-order chi connectivity index (χ0) is 13.2. The third kappa shape index (κ3) is 2.85. The van der Waals surface area contributed by atoms with Gasteiger partial charge in [-0.25, -0.2) is 8.78 Å². The fourth-order valence-electron chi connectivity index (χ4n) is 1.27. The van der Waals surface area contributed by atoms with Crippen LogP contribution in [0.3, 0.4) is 0 Å². The summed E-state index contributed by atoms with van der Waals surface area (Å²) in [5.74, 6) is -3.61. The molecule has 0 aliphatic rings. The van der Waals surface area contributed by atoms with Gasteiger partial charge in [0.05, 0.1) is 17.6 Å². The van der Waals surface area contributed by atoms with Gasteiger partial charge < -0.3 is 20.7 Å². The molecule has 4 N–H and O–H groups in total. The van der Waals surface area contributed by atoms with Crippen molar-refractivity contribution in [1.82, 2.24) is 0 Å². The quantitative estimate of drug-likeness (QED) is 0.792. The molecule has 17 heavy (non-hydrogen) atoms. The number of rotatable bonds is 4. The molecule has 1 aromatic rings. The molecule has 0 fully saturated rings. The first-order chi connectivity index (χ1) is 7.83. The highest BCUT2D eigenvalue weighted by atomic mass is 79.9. The normalized spacial score (nSPS) is 13.5. The maximum absolute atomic E-state index is 13.2. The van der Waals surface area contributed by atoms with Gasteiger partial charge in [-0.2, -0.15) is 0 Å². The first-order valence-electron chi connectivity index (χ1n) is 4.64. The fourth-order valence-corrected chi connectivity index (χ4v) is 1.73. The number of phenolic OH excluding ortho intramolecular Hbond substituents is 1. The van der Waals surface area contributed by atoms with Crippen LogP contribution in [-0.2, 0) is 0 Å². The van der Waals surface area contributed by atoms with Gasteiger partial charge >= 0.3 is 0 Å². The number of halogens is 3. The maximum atomic E-state index is 13.2. The maximum Gasteiger partial charge on any atom is 0.289 e. The minimum Gasteiger partial charge on any atom is -0.503 e. The predicted octanol–water partition coefficient (Wildman–Crippen LogP) is 1.79. The summed E-state index contributed by atoms with van der Waals surface area (Å²) >= 11 is 3.00. The van der Waals surface area contributed by atoms with E-state index in [2.05, 4.69) is 15.9 Å². The molecule has 1 aromatic carbocycles. The lowest BCUT2D eigenvalue weighted by Crippen LogP contribution is -2.36. The molecule has 0 saturated carbocycles. The van der Waals surface area contributed by atoms with Gasteiger partial charge in [-0.1, -0.05) is 0 Å². The summed E-state index contributed by atoms with van der Waals surface area (Å²) in [7, 11) is 1.29. The molecule has 0 aliphatic carbocycles. The van der Waals surface area contributed by atoms with Gasteiger partial charge in [-0.15, -0.1) is 0 Å². The van der Waals surface area contributed by atoms with E-state index < -0.39 is 18.6 Å². The molecule has 0 unspecified atom stereocenters. The predicted molar refractivity (Wildman–Crippen MR) is 61.3 cm³/mol. The van der Waals surface area contributed by atoms with Crippen LogP contribution >= 0.6 is 15.9 Å². The molecule has 1 rings (SSSR count). The van der Waals surface area contributed by atoms with Crippen molar-refractivity contribution in [2.75, 3.05) is 13.7 Å². The highest BCUT2D eigenvalue weighted by Gasteiger charge is 2.37. The van der Waals surface area contributed by atoms with Gasteiger partial charge in [-0.3, -0.25) is 0 Å². The fraction of sp³-hybridized carbons (Fsp3) is 0.400. The van der Waals surface area contributed by atoms with Crippen molar-refractivity contribution >= 4 is 15.9 Å². The van der Waals surface area contributed by atoms with E-state index in [1.54, 1.807) is 0 Å². The highest BCUT2D eigenvalue weighted by Crippen LogP contribution is 2.39. The first kappa shape index (κ1) is 14.1. The molecule has 7 heteroatoms. The van der Waals surface area contributed by atoms with E-state index in [1.807, 2.05) is 0 Å². The van der Waals surface area contributed by atoms with E-state index in [-0.39, 0.29) is 21.5 Å². The SMILES string of the molecule is COc1cc([C@H](N)C(F)(F)CO)cc(Br)c1O. The summed E-state index contributed by atoms with van der Waals surface area (Å²) in [4.78, 5) is 0. The Labute approximate surface area is 105 Å². The Morgan fingerprint density at radius 2 is 2.12 bits per heavy atom. The molecule has 0 aromatic heterocycles. The Morgan fingerprint density at radius 1 is 1.53 bits per heavy atom. The molecule has 4 nitrogen and oxygen atoms in total. The number of aliphatic hydroxyl groups excluding tert-OH is 1. The van der Waals surface area contributed by atoms with Gasteiger partial charge in [0.15, 0.2) is 11.5 Å². The van der Waals surface area contributed by atoms with Crippen LogP contribution in [0.25, 0.3) is 0 Å². The number of ether oxygens (including phenoxy) is 1. The van der Waals surface area contributed by atoms with Crippen molar-refractivity contribution in [3.63, 3.8) is 0 Å². The Balaban J connectivity index is 3.20. The van der Waals surface area contributed by atoms with E-state index in [0.717, 1.165) is 0 Å². The molecule has 0 spiro atoms. The minimum atomic E-state index is -3.44. The number of benzene rings is 1. The summed E-state index contributed by atoms with van der Waals surface area (Å²) in [5.41, 5.74) is 5.40. The lowest BCUT2D eigenvalue weighted by Gasteiger charge is -2.22. The average Bonchev–Trinajstić information content (AvgIpc) is 2.31. The van der Waals surface area contributed by atoms with Crippen LogP contribution in [0.1, 0.15) is 11.6 Å². The molecular formula is C10H12BrF2NO3. The molecule has 1 atom stereocenters. The largest absolute Gasteiger partial charge is 0.503 e. The van der Waals surface area contributed by atoms with Crippen LogP contribution in [0.2, 0.25) is 0 Å². The molecule has 0 heterocycles. The van der Waals surface area contributed by atoms with Crippen molar-refractivity contribution in [1.29, 1.82) is 0 Å². The number of methoxy groups -OCH3 is 1.